The van der Waals surface area contributed by atoms with Crippen LogP contribution in [0, 0.1) is 0 Å². The summed E-state index contributed by atoms with van der Waals surface area (Å²) in [5.74, 6) is 1.42. The van der Waals surface area contributed by atoms with Gasteiger partial charge in [0.15, 0.2) is 0 Å². The van der Waals surface area contributed by atoms with Crippen molar-refractivity contribution in [1.29, 1.82) is 0 Å². The number of carbonyl (C=O) groups excluding carboxylic acids is 1. The molecule has 1 aliphatic rings. The predicted octanol–water partition coefficient (Wildman–Crippen LogP) is 1.70. The van der Waals surface area contributed by atoms with Crippen LogP contribution in [-0.4, -0.2) is 60.3 Å². The minimum atomic E-state index is -0.191. The van der Waals surface area contributed by atoms with E-state index in [4.69, 9.17) is 4.74 Å². The van der Waals surface area contributed by atoms with Crippen LogP contribution < -0.4 is 15.5 Å². The van der Waals surface area contributed by atoms with E-state index in [-0.39, 0.29) is 5.91 Å². The number of hydrogen-bond donors (Lipinski definition) is 2. The third-order valence-electron chi connectivity index (χ3n) is 4.54. The molecule has 0 radical (unpaired) electrons. The lowest BCUT2D eigenvalue weighted by Gasteiger charge is -2.27. The zero-order valence-electron chi connectivity index (χ0n) is 15.5. The topological polar surface area (TPSA) is 92.3 Å². The molecule has 2 N–H and O–H groups in total. The summed E-state index contributed by atoms with van der Waals surface area (Å²) in [4.78, 5) is 27.5. The van der Waals surface area contributed by atoms with E-state index in [1.807, 2.05) is 36.4 Å². The van der Waals surface area contributed by atoms with Gasteiger partial charge in [-0.25, -0.2) is 15.0 Å². The summed E-state index contributed by atoms with van der Waals surface area (Å²) in [6, 6.07) is 13.3. The van der Waals surface area contributed by atoms with E-state index in [0.29, 0.717) is 32.0 Å². The van der Waals surface area contributed by atoms with Gasteiger partial charge in [-0.05, 0) is 12.1 Å². The van der Waals surface area contributed by atoms with Crippen molar-refractivity contribution in [2.24, 2.45) is 0 Å². The van der Waals surface area contributed by atoms with E-state index in [1.54, 1.807) is 12.4 Å². The van der Waals surface area contributed by atoms with Crippen LogP contribution in [0.25, 0.3) is 10.9 Å². The number of benzene rings is 1. The molecule has 1 saturated heterocycles. The first-order valence-corrected chi connectivity index (χ1v) is 9.32. The summed E-state index contributed by atoms with van der Waals surface area (Å²) in [5.41, 5.74) is 1.22. The van der Waals surface area contributed by atoms with Crippen molar-refractivity contribution in [1.82, 2.24) is 20.3 Å². The summed E-state index contributed by atoms with van der Waals surface area (Å²) in [7, 11) is 0. The molecule has 3 heterocycles. The minimum Gasteiger partial charge on any atom is -0.378 e. The van der Waals surface area contributed by atoms with Gasteiger partial charge in [0.2, 0.25) is 0 Å². The molecular weight excluding hydrogens is 356 g/mol. The summed E-state index contributed by atoms with van der Waals surface area (Å²) in [5, 5.41) is 7.11. The molecule has 8 nitrogen and oxygen atoms in total. The lowest BCUT2D eigenvalue weighted by Crippen LogP contribution is -2.36. The number of nitrogens with one attached hydrogen (secondary N) is 2. The molecule has 1 aliphatic heterocycles. The third-order valence-corrected chi connectivity index (χ3v) is 4.54. The molecule has 144 valence electrons. The normalized spacial score (nSPS) is 14.1. The zero-order valence-corrected chi connectivity index (χ0v) is 15.5. The number of carbonyl (C=O) groups is 1. The SMILES string of the molecule is O=C(NCCNc1cc(N2CCOCC2)ncn1)c1ccc2ccccc2n1. The van der Waals surface area contributed by atoms with Gasteiger partial charge in [0, 0.05) is 37.6 Å². The predicted molar refractivity (Wildman–Crippen MR) is 108 cm³/mol. The number of hydrogen-bond acceptors (Lipinski definition) is 7. The lowest BCUT2D eigenvalue weighted by molar-refractivity contribution is 0.0950. The van der Waals surface area contributed by atoms with Crippen molar-refractivity contribution in [2.45, 2.75) is 0 Å². The lowest BCUT2D eigenvalue weighted by atomic mass is 10.2. The van der Waals surface area contributed by atoms with E-state index >= 15 is 0 Å². The zero-order chi connectivity index (χ0) is 19.2. The van der Waals surface area contributed by atoms with Gasteiger partial charge in [-0.2, -0.15) is 0 Å². The third kappa shape index (κ3) is 4.34. The van der Waals surface area contributed by atoms with Crippen LogP contribution in [0.3, 0.4) is 0 Å². The van der Waals surface area contributed by atoms with Gasteiger partial charge in [-0.3, -0.25) is 4.79 Å². The van der Waals surface area contributed by atoms with Gasteiger partial charge in [-0.15, -0.1) is 0 Å². The standard InChI is InChI=1S/C20H22N6O2/c27-20(17-6-5-15-3-1-2-4-16(15)25-17)22-8-7-21-18-13-19(24-14-23-18)26-9-11-28-12-10-26/h1-6,13-14H,7-12H2,(H,22,27)(H,21,23,24). The fraction of sp³-hybridized carbons (Fsp3) is 0.300. The first-order chi connectivity index (χ1) is 13.8. The van der Waals surface area contributed by atoms with Crippen molar-refractivity contribution in [2.75, 3.05) is 49.6 Å². The summed E-state index contributed by atoms with van der Waals surface area (Å²) < 4.78 is 5.37. The molecule has 1 fully saturated rings. The molecule has 1 aromatic carbocycles. The van der Waals surface area contributed by atoms with E-state index in [9.17, 15) is 4.79 Å². The van der Waals surface area contributed by atoms with Crippen molar-refractivity contribution >= 4 is 28.4 Å². The Morgan fingerprint density at radius 2 is 1.93 bits per heavy atom. The van der Waals surface area contributed by atoms with Crippen molar-refractivity contribution < 1.29 is 9.53 Å². The average Bonchev–Trinajstić information content (AvgIpc) is 2.77. The highest BCUT2D eigenvalue weighted by molar-refractivity contribution is 5.94. The van der Waals surface area contributed by atoms with Gasteiger partial charge < -0.3 is 20.3 Å². The van der Waals surface area contributed by atoms with Crippen molar-refractivity contribution in [3.8, 4) is 0 Å². The average molecular weight is 378 g/mol. The fourth-order valence-corrected chi connectivity index (χ4v) is 3.06. The van der Waals surface area contributed by atoms with Gasteiger partial charge in [0.05, 0.1) is 18.7 Å². The Morgan fingerprint density at radius 3 is 2.82 bits per heavy atom. The highest BCUT2D eigenvalue weighted by Gasteiger charge is 2.13. The number of morpholine rings is 1. The number of aromatic nitrogens is 3. The number of nitrogens with zero attached hydrogens (tertiary/aromatic N) is 4. The van der Waals surface area contributed by atoms with Crippen molar-refractivity contribution in [3.05, 3.63) is 54.5 Å². The molecular formula is C20H22N6O2. The molecule has 3 aromatic rings. The first-order valence-electron chi connectivity index (χ1n) is 9.32. The van der Waals surface area contributed by atoms with Gasteiger partial charge in [0.25, 0.3) is 5.91 Å². The number of fused-ring (bicyclic) bond motifs is 1. The van der Waals surface area contributed by atoms with Crippen LogP contribution in [0.1, 0.15) is 10.5 Å². The maximum absolute atomic E-state index is 12.3. The van der Waals surface area contributed by atoms with Gasteiger partial charge in [0.1, 0.15) is 23.7 Å². The number of amides is 1. The Labute approximate surface area is 163 Å². The molecule has 2 aromatic heterocycles. The molecule has 8 heteroatoms. The van der Waals surface area contributed by atoms with E-state index in [0.717, 1.165) is 35.6 Å². The molecule has 0 atom stereocenters. The van der Waals surface area contributed by atoms with Crippen LogP contribution >= 0.6 is 0 Å². The molecule has 28 heavy (non-hydrogen) atoms. The molecule has 0 spiro atoms. The summed E-state index contributed by atoms with van der Waals surface area (Å²) in [6.07, 6.45) is 1.55. The molecule has 0 aliphatic carbocycles. The Bertz CT molecular complexity index is 958. The van der Waals surface area contributed by atoms with Crippen molar-refractivity contribution in [3.63, 3.8) is 0 Å². The van der Waals surface area contributed by atoms with E-state index < -0.39 is 0 Å². The highest BCUT2D eigenvalue weighted by Crippen LogP contribution is 2.15. The molecule has 1 amide bonds. The Kier molecular flexibility index (Phi) is 5.58. The van der Waals surface area contributed by atoms with E-state index in [1.165, 1.54) is 0 Å². The van der Waals surface area contributed by atoms with Crippen LogP contribution in [0.2, 0.25) is 0 Å². The van der Waals surface area contributed by atoms with E-state index in [2.05, 4.69) is 30.5 Å². The monoisotopic (exact) mass is 378 g/mol. The minimum absolute atomic E-state index is 0.191. The smallest absolute Gasteiger partial charge is 0.269 e. The first kappa shape index (κ1) is 18.1. The number of pyridine rings is 1. The van der Waals surface area contributed by atoms with Gasteiger partial charge >= 0.3 is 0 Å². The molecule has 0 saturated carbocycles. The van der Waals surface area contributed by atoms with Crippen LogP contribution in [-0.2, 0) is 4.74 Å². The van der Waals surface area contributed by atoms with Crippen LogP contribution in [0.5, 0.6) is 0 Å². The highest BCUT2D eigenvalue weighted by atomic mass is 16.5. The molecule has 0 bridgehead atoms. The fourth-order valence-electron chi connectivity index (χ4n) is 3.06. The number of ether oxygens (including phenoxy) is 1. The Hall–Kier alpha value is -3.26. The van der Waals surface area contributed by atoms with Gasteiger partial charge in [-0.1, -0.05) is 24.3 Å². The second kappa shape index (κ2) is 8.62. The van der Waals surface area contributed by atoms with Crippen LogP contribution in [0.15, 0.2) is 48.8 Å². The molecule has 0 unspecified atom stereocenters. The number of rotatable bonds is 6. The second-order valence-electron chi connectivity index (χ2n) is 6.43. The number of para-hydroxylation sites is 1. The largest absolute Gasteiger partial charge is 0.378 e. The van der Waals surface area contributed by atoms with Crippen LogP contribution in [0.4, 0.5) is 11.6 Å². The quantitative estimate of drug-likeness (QED) is 0.631. The Balaban J connectivity index is 1.28. The maximum atomic E-state index is 12.3. The maximum Gasteiger partial charge on any atom is 0.269 e. The summed E-state index contributed by atoms with van der Waals surface area (Å²) >= 11 is 0. The summed E-state index contributed by atoms with van der Waals surface area (Å²) in [6.45, 7) is 4.09. The number of anilines is 2. The molecule has 4 rings (SSSR count). The Morgan fingerprint density at radius 1 is 1.07 bits per heavy atom. The second-order valence-corrected chi connectivity index (χ2v) is 6.43.